The number of carbonyl (C=O) groups is 1. The van der Waals surface area contributed by atoms with Crippen LogP contribution in [0, 0.1) is 0 Å². The molecule has 0 fully saturated rings. The van der Waals surface area contributed by atoms with Crippen molar-refractivity contribution in [2.24, 2.45) is 0 Å². The Morgan fingerprint density at radius 2 is 2.00 bits per heavy atom. The number of hydrogen-bond donors (Lipinski definition) is 1. The van der Waals surface area contributed by atoms with Crippen molar-refractivity contribution in [3.05, 3.63) is 64.7 Å². The number of ether oxygens (including phenoxy) is 1. The van der Waals surface area contributed by atoms with Crippen LogP contribution in [-0.4, -0.2) is 12.5 Å². The lowest BCUT2D eigenvalue weighted by atomic mass is 10.00. The van der Waals surface area contributed by atoms with Crippen molar-refractivity contribution in [1.29, 1.82) is 0 Å². The normalized spacial score (nSPS) is 16.9. The highest BCUT2D eigenvalue weighted by Crippen LogP contribution is 2.34. The molecule has 1 unspecified atom stereocenters. The van der Waals surface area contributed by atoms with Gasteiger partial charge in [0.25, 0.3) is 5.91 Å². The van der Waals surface area contributed by atoms with Crippen molar-refractivity contribution in [2.75, 3.05) is 6.61 Å². The molecule has 0 saturated heterocycles. The minimum Gasteiger partial charge on any atom is -0.493 e. The van der Waals surface area contributed by atoms with Gasteiger partial charge < -0.3 is 10.1 Å². The van der Waals surface area contributed by atoms with E-state index in [9.17, 15) is 4.79 Å². The van der Waals surface area contributed by atoms with Crippen LogP contribution in [0.3, 0.4) is 0 Å². The summed E-state index contributed by atoms with van der Waals surface area (Å²) in [5.41, 5.74) is 1.59. The first kappa shape index (κ1) is 13.0. The number of halogens is 1. The maximum atomic E-state index is 12.2. The van der Waals surface area contributed by atoms with Gasteiger partial charge in [-0.15, -0.1) is 0 Å². The van der Waals surface area contributed by atoms with Crippen molar-refractivity contribution in [2.45, 2.75) is 12.5 Å². The summed E-state index contributed by atoms with van der Waals surface area (Å²) < 4.78 is 5.59. The molecule has 4 heteroatoms. The second-order valence-corrected chi connectivity index (χ2v) is 5.15. The van der Waals surface area contributed by atoms with E-state index in [-0.39, 0.29) is 11.9 Å². The van der Waals surface area contributed by atoms with Gasteiger partial charge in [0, 0.05) is 22.6 Å². The fourth-order valence-corrected chi connectivity index (χ4v) is 2.53. The molecule has 3 nitrogen and oxygen atoms in total. The zero-order valence-electron chi connectivity index (χ0n) is 10.8. The number of hydrogen-bond acceptors (Lipinski definition) is 2. The van der Waals surface area contributed by atoms with Crippen LogP contribution in [0.1, 0.15) is 28.4 Å². The van der Waals surface area contributed by atoms with Crippen LogP contribution in [0.25, 0.3) is 0 Å². The molecule has 3 rings (SSSR count). The predicted octanol–water partition coefficient (Wildman–Crippen LogP) is 3.59. The summed E-state index contributed by atoms with van der Waals surface area (Å²) in [6, 6.07) is 14.6. The lowest BCUT2D eigenvalue weighted by Gasteiger charge is -2.27. The van der Waals surface area contributed by atoms with Crippen molar-refractivity contribution in [3.8, 4) is 5.75 Å². The van der Waals surface area contributed by atoms with Crippen LogP contribution in [0.15, 0.2) is 48.5 Å². The second-order valence-electron chi connectivity index (χ2n) is 4.71. The van der Waals surface area contributed by atoms with Crippen molar-refractivity contribution < 1.29 is 9.53 Å². The molecule has 0 saturated carbocycles. The number of amides is 1. The summed E-state index contributed by atoms with van der Waals surface area (Å²) in [6.45, 7) is 0.592. The van der Waals surface area contributed by atoms with Gasteiger partial charge in [0.15, 0.2) is 0 Å². The van der Waals surface area contributed by atoms with Gasteiger partial charge in [-0.05, 0) is 30.3 Å². The molecule has 1 atom stereocenters. The maximum Gasteiger partial charge on any atom is 0.251 e. The molecule has 1 amide bonds. The van der Waals surface area contributed by atoms with Gasteiger partial charge in [0.1, 0.15) is 5.75 Å². The largest absolute Gasteiger partial charge is 0.493 e. The van der Waals surface area contributed by atoms with Gasteiger partial charge in [0.2, 0.25) is 0 Å². The number of fused-ring (bicyclic) bond motifs is 1. The van der Waals surface area contributed by atoms with Gasteiger partial charge >= 0.3 is 0 Å². The highest BCUT2D eigenvalue weighted by atomic mass is 35.5. The molecule has 0 aliphatic carbocycles. The molecule has 1 N–H and O–H groups in total. The standard InChI is InChI=1S/C16H14ClNO2/c17-12-6-7-15-13(10-12)14(8-9-20-15)18-16(19)11-4-2-1-3-5-11/h1-7,10,14H,8-9H2,(H,18,19). The van der Waals surface area contributed by atoms with Crippen molar-refractivity contribution in [3.63, 3.8) is 0 Å². The highest BCUT2D eigenvalue weighted by molar-refractivity contribution is 6.30. The Kier molecular flexibility index (Phi) is 3.61. The zero-order chi connectivity index (χ0) is 13.9. The fourth-order valence-electron chi connectivity index (χ4n) is 2.35. The molecule has 0 bridgehead atoms. The smallest absolute Gasteiger partial charge is 0.251 e. The third-order valence-corrected chi connectivity index (χ3v) is 3.59. The minimum absolute atomic E-state index is 0.0647. The summed E-state index contributed by atoms with van der Waals surface area (Å²) in [5, 5.41) is 3.69. The Bertz CT molecular complexity index is 628. The van der Waals surface area contributed by atoms with E-state index in [0.29, 0.717) is 17.2 Å². The van der Waals surface area contributed by atoms with E-state index < -0.39 is 0 Å². The molecule has 0 spiro atoms. The number of nitrogens with one attached hydrogen (secondary N) is 1. The van der Waals surface area contributed by atoms with Crippen LogP contribution in [-0.2, 0) is 0 Å². The van der Waals surface area contributed by atoms with E-state index in [0.717, 1.165) is 17.7 Å². The van der Waals surface area contributed by atoms with E-state index in [2.05, 4.69) is 5.32 Å². The number of benzene rings is 2. The average molecular weight is 288 g/mol. The van der Waals surface area contributed by atoms with E-state index >= 15 is 0 Å². The molecule has 102 valence electrons. The lowest BCUT2D eigenvalue weighted by Crippen LogP contribution is -2.32. The van der Waals surface area contributed by atoms with Crippen molar-refractivity contribution in [1.82, 2.24) is 5.32 Å². The van der Waals surface area contributed by atoms with E-state index in [4.69, 9.17) is 16.3 Å². The lowest BCUT2D eigenvalue weighted by molar-refractivity contribution is 0.0925. The van der Waals surface area contributed by atoms with Crippen LogP contribution in [0.2, 0.25) is 5.02 Å². The summed E-state index contributed by atoms with van der Waals surface area (Å²) in [5.74, 6) is 0.711. The van der Waals surface area contributed by atoms with E-state index in [1.54, 1.807) is 18.2 Å². The number of rotatable bonds is 2. The molecule has 2 aromatic carbocycles. The summed E-state index contributed by atoms with van der Waals surface area (Å²) in [4.78, 5) is 12.2. The summed E-state index contributed by atoms with van der Waals surface area (Å²) in [6.07, 6.45) is 0.742. The Morgan fingerprint density at radius 3 is 2.80 bits per heavy atom. The van der Waals surface area contributed by atoms with Gasteiger partial charge in [-0.3, -0.25) is 4.79 Å². The molecule has 20 heavy (non-hydrogen) atoms. The van der Waals surface area contributed by atoms with Gasteiger partial charge in [-0.1, -0.05) is 29.8 Å². The topological polar surface area (TPSA) is 38.3 Å². The molecule has 1 aliphatic rings. The Hall–Kier alpha value is -2.00. The first-order valence-corrected chi connectivity index (χ1v) is 6.90. The first-order valence-electron chi connectivity index (χ1n) is 6.52. The maximum absolute atomic E-state index is 12.2. The average Bonchev–Trinajstić information content (AvgIpc) is 2.49. The molecule has 0 radical (unpaired) electrons. The molecular weight excluding hydrogens is 274 g/mol. The van der Waals surface area contributed by atoms with Crippen LogP contribution < -0.4 is 10.1 Å². The Morgan fingerprint density at radius 1 is 1.20 bits per heavy atom. The minimum atomic E-state index is -0.0802. The van der Waals surface area contributed by atoms with Gasteiger partial charge in [-0.25, -0.2) is 0 Å². The van der Waals surface area contributed by atoms with Gasteiger partial charge in [-0.2, -0.15) is 0 Å². The van der Waals surface area contributed by atoms with Crippen LogP contribution >= 0.6 is 11.6 Å². The zero-order valence-corrected chi connectivity index (χ0v) is 11.6. The predicted molar refractivity (Wildman–Crippen MR) is 78.2 cm³/mol. The van der Waals surface area contributed by atoms with Crippen LogP contribution in [0.4, 0.5) is 0 Å². The fraction of sp³-hybridized carbons (Fsp3) is 0.188. The number of carbonyl (C=O) groups excluding carboxylic acids is 1. The summed E-state index contributed by atoms with van der Waals surface area (Å²) >= 11 is 6.03. The molecule has 1 heterocycles. The third kappa shape index (κ3) is 2.63. The van der Waals surface area contributed by atoms with Gasteiger partial charge in [0.05, 0.1) is 12.6 Å². The van der Waals surface area contributed by atoms with Crippen LogP contribution in [0.5, 0.6) is 5.75 Å². The summed E-state index contributed by atoms with van der Waals surface area (Å²) in [7, 11) is 0. The molecule has 1 aliphatic heterocycles. The molecule has 2 aromatic rings. The monoisotopic (exact) mass is 287 g/mol. The Labute approximate surface area is 122 Å². The molecule has 0 aromatic heterocycles. The highest BCUT2D eigenvalue weighted by Gasteiger charge is 2.23. The molecular formula is C16H14ClNO2. The van der Waals surface area contributed by atoms with E-state index in [1.165, 1.54) is 0 Å². The van der Waals surface area contributed by atoms with E-state index in [1.807, 2.05) is 30.3 Å². The third-order valence-electron chi connectivity index (χ3n) is 3.35. The quantitative estimate of drug-likeness (QED) is 0.916. The first-order chi connectivity index (χ1) is 9.74. The SMILES string of the molecule is O=C(NC1CCOc2ccc(Cl)cc21)c1ccccc1. The second kappa shape index (κ2) is 5.55. The van der Waals surface area contributed by atoms with Crippen molar-refractivity contribution >= 4 is 17.5 Å². The Balaban J connectivity index is 1.83.